The fourth-order valence-electron chi connectivity index (χ4n) is 3.17. The van der Waals surface area contributed by atoms with Crippen LogP contribution >= 0.6 is 0 Å². The van der Waals surface area contributed by atoms with Gasteiger partial charge in [0.1, 0.15) is 12.2 Å². The van der Waals surface area contributed by atoms with Crippen LogP contribution < -0.4 is 0 Å². The van der Waals surface area contributed by atoms with E-state index in [2.05, 4.69) is 21.7 Å². The Hall–Kier alpha value is -1.73. The summed E-state index contributed by atoms with van der Waals surface area (Å²) in [5, 5.41) is 8.09. The summed E-state index contributed by atoms with van der Waals surface area (Å²) in [5.41, 5.74) is 0.793. The van der Waals surface area contributed by atoms with Crippen molar-refractivity contribution >= 4 is 10.0 Å². The number of benzene rings is 1. The number of nitrogens with zero attached hydrogens (tertiary/aromatic N) is 4. The molecule has 0 unspecified atom stereocenters. The van der Waals surface area contributed by atoms with Gasteiger partial charge in [-0.05, 0) is 31.4 Å². The standard InChI is InChI=1S/C16H22N4O2S/c1-3-16-18-17-12-20(16)14-8-10-19(11-9-14)23(21,22)15-7-5-4-6-13(15)2/h4-7,12,14H,3,8-11H2,1-2H3. The average Bonchev–Trinajstić information content (AvgIpc) is 3.04. The van der Waals surface area contributed by atoms with Crippen molar-refractivity contribution in [3.05, 3.63) is 42.0 Å². The smallest absolute Gasteiger partial charge is 0.243 e. The van der Waals surface area contributed by atoms with Gasteiger partial charge in [0.25, 0.3) is 0 Å². The lowest BCUT2D eigenvalue weighted by Gasteiger charge is -2.32. The molecule has 1 saturated heterocycles. The summed E-state index contributed by atoms with van der Waals surface area (Å²) in [4.78, 5) is 0.414. The number of rotatable bonds is 4. The summed E-state index contributed by atoms with van der Waals surface area (Å²) in [5.74, 6) is 0.963. The molecular formula is C16H22N4O2S. The Morgan fingerprint density at radius 2 is 1.91 bits per heavy atom. The van der Waals surface area contributed by atoms with E-state index < -0.39 is 10.0 Å². The van der Waals surface area contributed by atoms with E-state index in [-0.39, 0.29) is 6.04 Å². The van der Waals surface area contributed by atoms with Crippen molar-refractivity contribution in [2.24, 2.45) is 0 Å². The molecule has 0 atom stereocenters. The second-order valence-corrected chi connectivity index (χ2v) is 7.82. The minimum Gasteiger partial charge on any atom is -0.314 e. The van der Waals surface area contributed by atoms with Gasteiger partial charge in [-0.15, -0.1) is 10.2 Å². The number of hydrogen-bond acceptors (Lipinski definition) is 4. The van der Waals surface area contributed by atoms with Crippen LogP contribution in [0.5, 0.6) is 0 Å². The van der Waals surface area contributed by atoms with E-state index in [0.29, 0.717) is 18.0 Å². The topological polar surface area (TPSA) is 68.1 Å². The van der Waals surface area contributed by atoms with Crippen LogP contribution in [-0.4, -0.2) is 40.6 Å². The maximum absolute atomic E-state index is 12.8. The Morgan fingerprint density at radius 1 is 1.22 bits per heavy atom. The summed E-state index contributed by atoms with van der Waals surface area (Å²) in [6, 6.07) is 7.44. The molecule has 2 heterocycles. The number of piperidine rings is 1. The molecule has 1 aromatic carbocycles. The van der Waals surface area contributed by atoms with Crippen molar-refractivity contribution in [1.82, 2.24) is 19.1 Å². The third-order valence-corrected chi connectivity index (χ3v) is 6.55. The highest BCUT2D eigenvalue weighted by Gasteiger charge is 2.31. The van der Waals surface area contributed by atoms with E-state index >= 15 is 0 Å². The first-order chi connectivity index (χ1) is 11.0. The Balaban J connectivity index is 1.75. The summed E-state index contributed by atoms with van der Waals surface area (Å²) in [6.07, 6.45) is 4.17. The number of aryl methyl sites for hydroxylation is 2. The largest absolute Gasteiger partial charge is 0.314 e. The molecular weight excluding hydrogens is 312 g/mol. The van der Waals surface area contributed by atoms with Gasteiger partial charge in [-0.3, -0.25) is 0 Å². The number of aromatic nitrogens is 3. The first-order valence-corrected chi connectivity index (χ1v) is 9.42. The molecule has 0 N–H and O–H groups in total. The Kier molecular flexibility index (Phi) is 4.50. The zero-order chi connectivity index (χ0) is 16.4. The molecule has 1 fully saturated rings. The van der Waals surface area contributed by atoms with Gasteiger partial charge in [-0.1, -0.05) is 25.1 Å². The lowest BCUT2D eigenvalue weighted by Crippen LogP contribution is -2.39. The van der Waals surface area contributed by atoms with Crippen molar-refractivity contribution in [3.63, 3.8) is 0 Å². The van der Waals surface area contributed by atoms with Crippen LogP contribution in [0.25, 0.3) is 0 Å². The molecule has 0 spiro atoms. The summed E-state index contributed by atoms with van der Waals surface area (Å²) in [7, 11) is -3.41. The van der Waals surface area contributed by atoms with Crippen LogP contribution in [0.1, 0.15) is 37.2 Å². The van der Waals surface area contributed by atoms with Crippen LogP contribution in [0.15, 0.2) is 35.5 Å². The van der Waals surface area contributed by atoms with Gasteiger partial charge in [-0.2, -0.15) is 4.31 Å². The van der Waals surface area contributed by atoms with Gasteiger partial charge < -0.3 is 4.57 Å². The predicted octanol–water partition coefficient (Wildman–Crippen LogP) is 2.17. The van der Waals surface area contributed by atoms with Crippen molar-refractivity contribution < 1.29 is 8.42 Å². The maximum atomic E-state index is 12.8. The fraction of sp³-hybridized carbons (Fsp3) is 0.500. The highest BCUT2D eigenvalue weighted by atomic mass is 32.2. The van der Waals surface area contributed by atoms with Crippen LogP contribution in [0, 0.1) is 6.92 Å². The van der Waals surface area contributed by atoms with E-state index in [1.165, 1.54) is 0 Å². The van der Waals surface area contributed by atoms with Crippen LogP contribution in [0.4, 0.5) is 0 Å². The fourth-order valence-corrected chi connectivity index (χ4v) is 4.87. The molecule has 6 nitrogen and oxygen atoms in total. The third kappa shape index (κ3) is 3.03. The van der Waals surface area contributed by atoms with Gasteiger partial charge in [0.05, 0.1) is 4.90 Å². The first kappa shape index (κ1) is 16.1. The van der Waals surface area contributed by atoms with E-state index in [4.69, 9.17) is 0 Å². The maximum Gasteiger partial charge on any atom is 0.243 e. The molecule has 1 aliphatic rings. The summed E-state index contributed by atoms with van der Waals surface area (Å²) >= 11 is 0. The van der Waals surface area contributed by atoms with E-state index in [1.54, 1.807) is 22.8 Å². The zero-order valence-electron chi connectivity index (χ0n) is 13.5. The first-order valence-electron chi connectivity index (χ1n) is 7.98. The number of hydrogen-bond donors (Lipinski definition) is 0. The van der Waals surface area contributed by atoms with Crippen LogP contribution in [-0.2, 0) is 16.4 Å². The van der Waals surface area contributed by atoms with Crippen LogP contribution in [0.3, 0.4) is 0 Å². The predicted molar refractivity (Wildman–Crippen MR) is 87.6 cm³/mol. The van der Waals surface area contributed by atoms with Gasteiger partial charge >= 0.3 is 0 Å². The summed E-state index contributed by atoms with van der Waals surface area (Å²) < 4.78 is 29.3. The molecule has 3 rings (SSSR count). The lowest BCUT2D eigenvalue weighted by molar-refractivity contribution is 0.270. The molecule has 0 radical (unpaired) electrons. The third-order valence-electron chi connectivity index (χ3n) is 4.49. The Bertz CT molecular complexity index is 777. The molecule has 0 aliphatic carbocycles. The quantitative estimate of drug-likeness (QED) is 0.859. The molecule has 2 aromatic rings. The minimum atomic E-state index is -3.41. The van der Waals surface area contributed by atoms with E-state index in [1.807, 2.05) is 19.1 Å². The SMILES string of the molecule is CCc1nncn1C1CCN(S(=O)(=O)c2ccccc2C)CC1. The minimum absolute atomic E-state index is 0.281. The second kappa shape index (κ2) is 6.41. The van der Waals surface area contributed by atoms with E-state index in [9.17, 15) is 8.42 Å². The number of sulfonamides is 1. The van der Waals surface area contributed by atoms with Gasteiger partial charge in [0, 0.05) is 25.6 Å². The molecule has 124 valence electrons. The molecule has 0 saturated carbocycles. The van der Waals surface area contributed by atoms with Crippen LogP contribution in [0.2, 0.25) is 0 Å². The monoisotopic (exact) mass is 334 g/mol. The van der Waals surface area contributed by atoms with Crippen molar-refractivity contribution in [3.8, 4) is 0 Å². The van der Waals surface area contributed by atoms with E-state index in [0.717, 1.165) is 30.7 Å². The second-order valence-electron chi connectivity index (χ2n) is 5.91. The average molecular weight is 334 g/mol. The molecule has 1 aliphatic heterocycles. The summed E-state index contributed by atoms with van der Waals surface area (Å²) in [6.45, 7) is 4.95. The molecule has 23 heavy (non-hydrogen) atoms. The van der Waals surface area contributed by atoms with Crippen molar-refractivity contribution in [1.29, 1.82) is 0 Å². The molecule has 1 aromatic heterocycles. The molecule has 0 bridgehead atoms. The van der Waals surface area contributed by atoms with Gasteiger partial charge in [-0.25, -0.2) is 8.42 Å². The molecule has 7 heteroatoms. The van der Waals surface area contributed by atoms with Gasteiger partial charge in [0.15, 0.2) is 0 Å². The zero-order valence-corrected chi connectivity index (χ0v) is 14.3. The highest BCUT2D eigenvalue weighted by Crippen LogP contribution is 2.28. The highest BCUT2D eigenvalue weighted by molar-refractivity contribution is 7.89. The molecule has 0 amide bonds. The van der Waals surface area contributed by atoms with Crippen molar-refractivity contribution in [2.75, 3.05) is 13.1 Å². The van der Waals surface area contributed by atoms with Crippen molar-refractivity contribution in [2.45, 2.75) is 44.0 Å². The Labute approximate surface area is 137 Å². The normalized spacial score (nSPS) is 17.5. The lowest BCUT2D eigenvalue weighted by atomic mass is 10.1. The Morgan fingerprint density at radius 3 is 2.57 bits per heavy atom. The van der Waals surface area contributed by atoms with Gasteiger partial charge in [0.2, 0.25) is 10.0 Å².